The zero-order valence-corrected chi connectivity index (χ0v) is 10.1. The fourth-order valence-electron chi connectivity index (χ4n) is 1.46. The summed E-state index contributed by atoms with van der Waals surface area (Å²) in [6.07, 6.45) is 0. The highest BCUT2D eigenvalue weighted by Gasteiger charge is 2.18. The van der Waals surface area contributed by atoms with E-state index >= 15 is 0 Å². The Balaban J connectivity index is 2.60. The summed E-state index contributed by atoms with van der Waals surface area (Å²) in [6.45, 7) is 10.2. The molecule has 1 N–H and O–H groups in total. The number of ether oxygens (including phenoxy) is 1. The molecule has 2 heteroatoms. The lowest BCUT2D eigenvalue weighted by Crippen LogP contribution is -2.40. The molecule has 0 aliphatic rings. The van der Waals surface area contributed by atoms with E-state index in [1.54, 1.807) is 0 Å². The molecule has 0 aromatic heterocycles. The maximum absolute atomic E-state index is 5.92. The summed E-state index contributed by atoms with van der Waals surface area (Å²) in [6, 6.07) is 8.16. The van der Waals surface area contributed by atoms with Crippen LogP contribution < -0.4 is 10.1 Å². The largest absolute Gasteiger partial charge is 0.487 e. The minimum absolute atomic E-state index is 0.163. The number of aryl methyl sites for hydroxylation is 1. The molecule has 2 nitrogen and oxygen atoms in total. The summed E-state index contributed by atoms with van der Waals surface area (Å²) in [5, 5.41) is 3.30. The van der Waals surface area contributed by atoms with E-state index in [9.17, 15) is 0 Å². The first kappa shape index (κ1) is 12.1. The molecule has 0 spiro atoms. The predicted molar refractivity (Wildman–Crippen MR) is 64.4 cm³/mol. The average Bonchev–Trinajstić information content (AvgIpc) is 2.14. The van der Waals surface area contributed by atoms with Crippen LogP contribution in [-0.2, 0) is 0 Å². The Morgan fingerprint density at radius 3 is 2.67 bits per heavy atom. The maximum atomic E-state index is 5.92. The van der Waals surface area contributed by atoms with Gasteiger partial charge in [0.15, 0.2) is 0 Å². The Morgan fingerprint density at radius 2 is 2.07 bits per heavy atom. The van der Waals surface area contributed by atoms with Gasteiger partial charge in [-0.05, 0) is 45.0 Å². The van der Waals surface area contributed by atoms with E-state index in [4.69, 9.17) is 4.74 Å². The molecule has 1 aromatic carbocycles. The molecule has 84 valence electrons. The van der Waals surface area contributed by atoms with Crippen LogP contribution in [0.5, 0.6) is 5.75 Å². The van der Waals surface area contributed by atoms with E-state index in [1.807, 2.05) is 12.1 Å². The Hall–Kier alpha value is -1.02. The van der Waals surface area contributed by atoms with Gasteiger partial charge in [-0.15, -0.1) is 0 Å². The zero-order valence-electron chi connectivity index (χ0n) is 10.1. The van der Waals surface area contributed by atoms with Crippen LogP contribution >= 0.6 is 0 Å². The smallest absolute Gasteiger partial charge is 0.120 e. The molecule has 0 saturated carbocycles. The Labute approximate surface area is 92.6 Å². The van der Waals surface area contributed by atoms with Crippen LogP contribution in [0.3, 0.4) is 0 Å². The van der Waals surface area contributed by atoms with E-state index < -0.39 is 0 Å². The molecule has 0 bridgehead atoms. The minimum atomic E-state index is -0.163. The molecule has 0 heterocycles. The van der Waals surface area contributed by atoms with Gasteiger partial charge in [0, 0.05) is 6.54 Å². The third-order valence-corrected chi connectivity index (χ3v) is 2.18. The molecule has 15 heavy (non-hydrogen) atoms. The number of hydrogen-bond donors (Lipinski definition) is 1. The highest BCUT2D eigenvalue weighted by atomic mass is 16.5. The zero-order chi connectivity index (χ0) is 11.3. The maximum Gasteiger partial charge on any atom is 0.120 e. The van der Waals surface area contributed by atoms with Crippen LogP contribution in [0.2, 0.25) is 0 Å². The van der Waals surface area contributed by atoms with E-state index in [0.717, 1.165) is 18.8 Å². The van der Waals surface area contributed by atoms with Crippen LogP contribution in [0.1, 0.15) is 26.3 Å². The summed E-state index contributed by atoms with van der Waals surface area (Å²) in [5.41, 5.74) is 1.07. The van der Waals surface area contributed by atoms with E-state index in [0.29, 0.717) is 0 Å². The second kappa shape index (κ2) is 5.17. The molecular formula is C13H21NO. The van der Waals surface area contributed by atoms with Crippen molar-refractivity contribution in [2.45, 2.75) is 33.3 Å². The van der Waals surface area contributed by atoms with Gasteiger partial charge in [0.2, 0.25) is 0 Å². The molecule has 0 aliphatic heterocycles. The molecule has 0 fully saturated rings. The van der Waals surface area contributed by atoms with Crippen molar-refractivity contribution in [1.82, 2.24) is 5.32 Å². The highest BCUT2D eigenvalue weighted by molar-refractivity contribution is 5.28. The second-order valence-electron chi connectivity index (χ2n) is 4.46. The van der Waals surface area contributed by atoms with Gasteiger partial charge in [-0.25, -0.2) is 0 Å². The molecule has 0 radical (unpaired) electrons. The van der Waals surface area contributed by atoms with Crippen molar-refractivity contribution < 1.29 is 4.74 Å². The van der Waals surface area contributed by atoms with E-state index in [2.05, 4.69) is 45.1 Å². The fourth-order valence-corrected chi connectivity index (χ4v) is 1.46. The summed E-state index contributed by atoms with van der Waals surface area (Å²) in [5.74, 6) is 0.943. The number of benzene rings is 1. The fraction of sp³-hybridized carbons (Fsp3) is 0.538. The van der Waals surface area contributed by atoms with Crippen LogP contribution in [0.25, 0.3) is 0 Å². The number of rotatable bonds is 5. The van der Waals surface area contributed by atoms with E-state index in [1.165, 1.54) is 5.56 Å². The molecule has 1 aromatic rings. The predicted octanol–water partition coefficient (Wildman–Crippen LogP) is 2.76. The van der Waals surface area contributed by atoms with Gasteiger partial charge < -0.3 is 10.1 Å². The van der Waals surface area contributed by atoms with Gasteiger partial charge >= 0.3 is 0 Å². The standard InChI is InChI=1S/C13H21NO/c1-5-14-10-13(3,4)15-12-8-6-7-11(2)9-12/h6-9,14H,5,10H2,1-4H3. The van der Waals surface area contributed by atoms with Gasteiger partial charge in [-0.3, -0.25) is 0 Å². The van der Waals surface area contributed by atoms with Gasteiger partial charge in [-0.1, -0.05) is 19.1 Å². The summed E-state index contributed by atoms with van der Waals surface area (Å²) >= 11 is 0. The van der Waals surface area contributed by atoms with Gasteiger partial charge in [0.25, 0.3) is 0 Å². The summed E-state index contributed by atoms with van der Waals surface area (Å²) in [7, 11) is 0. The number of nitrogens with one attached hydrogen (secondary N) is 1. The molecule has 0 unspecified atom stereocenters. The first-order valence-electron chi connectivity index (χ1n) is 5.50. The molecule has 0 saturated heterocycles. The summed E-state index contributed by atoms with van der Waals surface area (Å²) in [4.78, 5) is 0. The van der Waals surface area contributed by atoms with Crippen molar-refractivity contribution in [3.05, 3.63) is 29.8 Å². The van der Waals surface area contributed by atoms with Crippen LogP contribution in [0, 0.1) is 6.92 Å². The average molecular weight is 207 g/mol. The molecule has 0 amide bonds. The Kier molecular flexibility index (Phi) is 4.15. The first-order valence-corrected chi connectivity index (χ1v) is 5.50. The third-order valence-electron chi connectivity index (χ3n) is 2.18. The van der Waals surface area contributed by atoms with Crippen molar-refractivity contribution in [3.8, 4) is 5.75 Å². The molecule has 1 rings (SSSR count). The minimum Gasteiger partial charge on any atom is -0.487 e. The molecular weight excluding hydrogens is 186 g/mol. The first-order chi connectivity index (χ1) is 7.03. The molecule has 0 atom stereocenters. The lowest BCUT2D eigenvalue weighted by Gasteiger charge is -2.26. The van der Waals surface area contributed by atoms with Gasteiger partial charge in [0.05, 0.1) is 0 Å². The van der Waals surface area contributed by atoms with Crippen molar-refractivity contribution in [2.75, 3.05) is 13.1 Å². The van der Waals surface area contributed by atoms with Crippen LogP contribution in [0.15, 0.2) is 24.3 Å². The SMILES string of the molecule is CCNCC(C)(C)Oc1cccc(C)c1. The normalized spacial score (nSPS) is 11.5. The second-order valence-corrected chi connectivity index (χ2v) is 4.46. The lowest BCUT2D eigenvalue weighted by molar-refractivity contribution is 0.109. The van der Waals surface area contributed by atoms with Gasteiger partial charge in [0.1, 0.15) is 11.4 Å². The Morgan fingerprint density at radius 1 is 1.33 bits per heavy atom. The quantitative estimate of drug-likeness (QED) is 0.801. The Bertz CT molecular complexity index is 307. The van der Waals surface area contributed by atoms with Crippen molar-refractivity contribution >= 4 is 0 Å². The van der Waals surface area contributed by atoms with Crippen molar-refractivity contribution in [2.24, 2.45) is 0 Å². The third kappa shape index (κ3) is 4.34. The van der Waals surface area contributed by atoms with Crippen LogP contribution in [-0.4, -0.2) is 18.7 Å². The van der Waals surface area contributed by atoms with Gasteiger partial charge in [-0.2, -0.15) is 0 Å². The number of hydrogen-bond acceptors (Lipinski definition) is 2. The highest BCUT2D eigenvalue weighted by Crippen LogP contribution is 2.18. The van der Waals surface area contributed by atoms with Crippen LogP contribution in [0.4, 0.5) is 0 Å². The van der Waals surface area contributed by atoms with Crippen molar-refractivity contribution in [1.29, 1.82) is 0 Å². The monoisotopic (exact) mass is 207 g/mol. The van der Waals surface area contributed by atoms with E-state index in [-0.39, 0.29) is 5.60 Å². The molecule has 0 aliphatic carbocycles. The van der Waals surface area contributed by atoms with Crippen molar-refractivity contribution in [3.63, 3.8) is 0 Å². The number of likely N-dealkylation sites (N-methyl/N-ethyl adjacent to an activating group) is 1. The topological polar surface area (TPSA) is 21.3 Å². The lowest BCUT2D eigenvalue weighted by atomic mass is 10.1. The summed E-state index contributed by atoms with van der Waals surface area (Å²) < 4.78 is 5.92.